The van der Waals surface area contributed by atoms with Crippen molar-refractivity contribution in [3.63, 3.8) is 0 Å². The standard InChI is InChI=1S/C26H31ClN6O/c1-4-29-17(2)15-23-26-32-31-18(3)33(26)24-12-11-21(34-14-6-5-13-28)16-22(24)25(30-23)19-7-9-20(27)10-8-19/h7-12,16,23H,4-6,13-15,28H2,1-3H3. The minimum atomic E-state index is -0.219. The first-order chi connectivity index (χ1) is 16.5. The lowest BCUT2D eigenvalue weighted by molar-refractivity contribution is 0.308. The Hall–Kier alpha value is -3.03. The van der Waals surface area contributed by atoms with Crippen LogP contribution >= 0.6 is 11.6 Å². The number of rotatable bonds is 9. The van der Waals surface area contributed by atoms with Gasteiger partial charge in [-0.25, -0.2) is 0 Å². The second-order valence-corrected chi connectivity index (χ2v) is 8.81. The number of fused-ring (bicyclic) bond motifs is 3. The van der Waals surface area contributed by atoms with Gasteiger partial charge >= 0.3 is 0 Å². The molecule has 7 nitrogen and oxygen atoms in total. The summed E-state index contributed by atoms with van der Waals surface area (Å²) in [5, 5.41) is 9.60. The lowest BCUT2D eigenvalue weighted by Gasteiger charge is -2.15. The molecule has 1 aliphatic heterocycles. The van der Waals surface area contributed by atoms with Gasteiger partial charge < -0.3 is 10.5 Å². The van der Waals surface area contributed by atoms with Crippen molar-refractivity contribution in [1.82, 2.24) is 14.8 Å². The Morgan fingerprint density at radius 3 is 2.68 bits per heavy atom. The van der Waals surface area contributed by atoms with Crippen LogP contribution in [0.15, 0.2) is 52.4 Å². The second-order valence-electron chi connectivity index (χ2n) is 8.38. The maximum atomic E-state index is 6.19. The van der Waals surface area contributed by atoms with E-state index in [2.05, 4.69) is 31.9 Å². The van der Waals surface area contributed by atoms with E-state index in [4.69, 9.17) is 27.1 Å². The maximum Gasteiger partial charge on any atom is 0.162 e. The Bertz CT molecular complexity index is 1200. The normalized spacial score (nSPS) is 15.4. The summed E-state index contributed by atoms with van der Waals surface area (Å²) in [6, 6.07) is 13.7. The first kappa shape index (κ1) is 24.1. The molecule has 0 saturated carbocycles. The molecule has 1 aromatic heterocycles. The number of nitrogens with two attached hydrogens (primary N) is 1. The molecule has 0 spiro atoms. The van der Waals surface area contributed by atoms with E-state index in [0.717, 1.165) is 65.0 Å². The van der Waals surface area contributed by atoms with Gasteiger partial charge in [-0.1, -0.05) is 23.7 Å². The molecule has 0 saturated heterocycles. The fraction of sp³-hybridized carbons (Fsp3) is 0.385. The first-order valence-corrected chi connectivity index (χ1v) is 12.1. The van der Waals surface area contributed by atoms with Crippen molar-refractivity contribution < 1.29 is 4.74 Å². The average Bonchev–Trinajstić information content (AvgIpc) is 3.15. The predicted octanol–water partition coefficient (Wildman–Crippen LogP) is 5.11. The van der Waals surface area contributed by atoms with E-state index in [1.807, 2.05) is 51.1 Å². The van der Waals surface area contributed by atoms with Gasteiger partial charge in [0.1, 0.15) is 17.6 Å². The molecular weight excluding hydrogens is 448 g/mol. The van der Waals surface area contributed by atoms with Gasteiger partial charge in [0.2, 0.25) is 0 Å². The van der Waals surface area contributed by atoms with Crippen LogP contribution in [0.1, 0.15) is 61.9 Å². The van der Waals surface area contributed by atoms with Crippen LogP contribution in [-0.2, 0) is 0 Å². The van der Waals surface area contributed by atoms with Gasteiger partial charge in [0.05, 0.1) is 18.0 Å². The Morgan fingerprint density at radius 2 is 1.94 bits per heavy atom. The molecule has 0 radical (unpaired) electrons. The monoisotopic (exact) mass is 478 g/mol. The molecule has 4 rings (SSSR count). The molecule has 0 aliphatic carbocycles. The fourth-order valence-electron chi connectivity index (χ4n) is 4.19. The van der Waals surface area contributed by atoms with Crippen LogP contribution in [0.5, 0.6) is 5.75 Å². The Kier molecular flexibility index (Phi) is 7.75. The Morgan fingerprint density at radius 1 is 1.15 bits per heavy atom. The molecule has 3 aromatic rings. The summed E-state index contributed by atoms with van der Waals surface area (Å²) in [6.45, 7) is 8.07. The zero-order valence-electron chi connectivity index (χ0n) is 20.0. The summed E-state index contributed by atoms with van der Waals surface area (Å²) in [7, 11) is 0. The van der Waals surface area contributed by atoms with E-state index >= 15 is 0 Å². The Balaban J connectivity index is 1.86. The molecule has 34 heavy (non-hydrogen) atoms. The summed E-state index contributed by atoms with van der Waals surface area (Å²) in [6.07, 6.45) is 2.52. The van der Waals surface area contributed by atoms with Crippen molar-refractivity contribution in [2.24, 2.45) is 15.7 Å². The third-order valence-corrected chi connectivity index (χ3v) is 6.05. The largest absolute Gasteiger partial charge is 0.494 e. The maximum absolute atomic E-state index is 6.19. The van der Waals surface area contributed by atoms with Gasteiger partial charge in [-0.2, -0.15) is 0 Å². The number of unbranched alkanes of at least 4 members (excludes halogenated alkanes) is 1. The third kappa shape index (κ3) is 5.21. The van der Waals surface area contributed by atoms with Crippen molar-refractivity contribution in [3.8, 4) is 11.4 Å². The fourth-order valence-corrected chi connectivity index (χ4v) is 4.32. The van der Waals surface area contributed by atoms with Crippen molar-refractivity contribution in [1.29, 1.82) is 0 Å². The lowest BCUT2D eigenvalue weighted by atomic mass is 10.00. The summed E-state index contributed by atoms with van der Waals surface area (Å²) in [5.41, 5.74) is 10.5. The van der Waals surface area contributed by atoms with Gasteiger partial charge in [0.15, 0.2) is 5.82 Å². The van der Waals surface area contributed by atoms with Crippen LogP contribution in [0.4, 0.5) is 0 Å². The van der Waals surface area contributed by atoms with E-state index < -0.39 is 0 Å². The Labute approximate surface area is 205 Å². The number of nitrogens with zero attached hydrogens (tertiary/aromatic N) is 5. The highest BCUT2D eigenvalue weighted by Crippen LogP contribution is 2.34. The molecule has 0 fully saturated rings. The van der Waals surface area contributed by atoms with Crippen LogP contribution in [0.3, 0.4) is 0 Å². The highest BCUT2D eigenvalue weighted by Gasteiger charge is 2.29. The minimum Gasteiger partial charge on any atom is -0.494 e. The molecular formula is C26H31ClN6O. The van der Waals surface area contributed by atoms with Crippen LogP contribution in [0, 0.1) is 6.92 Å². The number of halogens is 1. The van der Waals surface area contributed by atoms with Crippen LogP contribution in [0.2, 0.25) is 5.02 Å². The first-order valence-electron chi connectivity index (χ1n) is 11.7. The van der Waals surface area contributed by atoms with E-state index in [1.165, 1.54) is 0 Å². The van der Waals surface area contributed by atoms with Gasteiger partial charge in [-0.05, 0) is 70.5 Å². The van der Waals surface area contributed by atoms with Crippen molar-refractivity contribution in [2.45, 2.75) is 46.1 Å². The van der Waals surface area contributed by atoms with Crippen molar-refractivity contribution in [2.75, 3.05) is 19.7 Å². The molecule has 2 N–H and O–H groups in total. The highest BCUT2D eigenvalue weighted by molar-refractivity contribution is 6.30. The molecule has 0 bridgehead atoms. The predicted molar refractivity (Wildman–Crippen MR) is 138 cm³/mol. The summed E-state index contributed by atoms with van der Waals surface area (Å²) >= 11 is 6.19. The van der Waals surface area contributed by atoms with Gasteiger partial charge in [-0.15, -0.1) is 10.2 Å². The number of aromatic nitrogens is 3. The van der Waals surface area contributed by atoms with Crippen molar-refractivity contribution in [3.05, 3.63) is 70.3 Å². The zero-order valence-corrected chi connectivity index (χ0v) is 20.7. The summed E-state index contributed by atoms with van der Waals surface area (Å²) < 4.78 is 8.15. The molecule has 2 heterocycles. The van der Waals surface area contributed by atoms with Crippen LogP contribution < -0.4 is 10.5 Å². The van der Waals surface area contributed by atoms with Crippen molar-refractivity contribution >= 4 is 23.0 Å². The average molecular weight is 479 g/mol. The molecule has 1 atom stereocenters. The molecule has 1 unspecified atom stereocenters. The van der Waals surface area contributed by atoms with Gasteiger partial charge in [0, 0.05) is 34.8 Å². The number of ether oxygens (including phenoxy) is 1. The minimum absolute atomic E-state index is 0.219. The number of aryl methyl sites for hydroxylation is 1. The van der Waals surface area contributed by atoms with Gasteiger partial charge in [0.25, 0.3) is 0 Å². The topological polar surface area (TPSA) is 90.7 Å². The number of aliphatic imine (C=N–C) groups is 2. The number of hydrogen-bond acceptors (Lipinski definition) is 6. The zero-order chi connectivity index (χ0) is 24.1. The van der Waals surface area contributed by atoms with Crippen LogP contribution in [-0.4, -0.2) is 45.9 Å². The van der Waals surface area contributed by atoms with E-state index in [-0.39, 0.29) is 6.04 Å². The van der Waals surface area contributed by atoms with E-state index in [0.29, 0.717) is 24.6 Å². The molecule has 1 aliphatic rings. The number of benzene rings is 2. The molecule has 2 aromatic carbocycles. The van der Waals surface area contributed by atoms with Gasteiger partial charge in [-0.3, -0.25) is 14.6 Å². The molecule has 0 amide bonds. The smallest absolute Gasteiger partial charge is 0.162 e. The third-order valence-electron chi connectivity index (χ3n) is 5.80. The summed E-state index contributed by atoms with van der Waals surface area (Å²) in [4.78, 5) is 9.84. The quantitative estimate of drug-likeness (QED) is 0.341. The van der Waals surface area contributed by atoms with E-state index in [9.17, 15) is 0 Å². The SMILES string of the molecule is CCN=C(C)CC1N=C(c2ccc(Cl)cc2)c2cc(OCCCCN)ccc2-n2c(C)nnc21. The number of hydrogen-bond donors (Lipinski definition) is 1. The van der Waals surface area contributed by atoms with E-state index in [1.54, 1.807) is 0 Å². The molecule has 8 heteroatoms. The molecule has 178 valence electrons. The summed E-state index contributed by atoms with van der Waals surface area (Å²) in [5.74, 6) is 2.42. The van der Waals surface area contributed by atoms with Crippen LogP contribution in [0.25, 0.3) is 5.69 Å². The highest BCUT2D eigenvalue weighted by atomic mass is 35.5. The second kappa shape index (κ2) is 10.9. The lowest BCUT2D eigenvalue weighted by Crippen LogP contribution is -2.10.